The van der Waals surface area contributed by atoms with Crippen molar-refractivity contribution in [2.24, 2.45) is 11.7 Å². The second-order valence-corrected chi connectivity index (χ2v) is 6.52. The monoisotopic (exact) mass is 292 g/mol. The van der Waals surface area contributed by atoms with Crippen molar-refractivity contribution in [3.63, 3.8) is 0 Å². The van der Waals surface area contributed by atoms with Crippen LogP contribution in [0.15, 0.2) is 6.07 Å². The van der Waals surface area contributed by atoms with Gasteiger partial charge >= 0.3 is 0 Å². The highest BCUT2D eigenvalue weighted by Gasteiger charge is 2.25. The summed E-state index contributed by atoms with van der Waals surface area (Å²) < 4.78 is 1.01. The van der Waals surface area contributed by atoms with Gasteiger partial charge in [0.1, 0.15) is 4.34 Å². The molecule has 6 heteroatoms. The van der Waals surface area contributed by atoms with Crippen LogP contribution in [0.5, 0.6) is 0 Å². The third kappa shape index (κ3) is 2.94. The summed E-state index contributed by atoms with van der Waals surface area (Å²) in [6, 6.07) is 1.64. The average molecular weight is 293 g/mol. The zero-order chi connectivity index (χ0) is 12.4. The molecule has 1 amide bonds. The van der Waals surface area contributed by atoms with E-state index in [1.165, 1.54) is 11.3 Å². The number of halogens is 2. The van der Waals surface area contributed by atoms with Crippen LogP contribution in [-0.4, -0.2) is 30.4 Å². The van der Waals surface area contributed by atoms with Gasteiger partial charge in [0.05, 0.1) is 9.90 Å². The lowest BCUT2D eigenvalue weighted by Crippen LogP contribution is -2.42. The van der Waals surface area contributed by atoms with Crippen molar-refractivity contribution in [3.05, 3.63) is 20.3 Å². The molecular weight excluding hydrogens is 279 g/mol. The van der Waals surface area contributed by atoms with Crippen LogP contribution in [0.25, 0.3) is 0 Å². The molecule has 2 heterocycles. The first-order chi connectivity index (χ1) is 8.11. The Kier molecular flexibility index (Phi) is 4.31. The second-order valence-electron chi connectivity index (χ2n) is 4.23. The molecule has 0 saturated carbocycles. The Morgan fingerprint density at radius 1 is 1.59 bits per heavy atom. The summed E-state index contributed by atoms with van der Waals surface area (Å²) in [4.78, 5) is 14.1. The molecular formula is C11H14Cl2N2OS. The number of nitrogens with two attached hydrogens (primary N) is 1. The van der Waals surface area contributed by atoms with Gasteiger partial charge in [0.25, 0.3) is 5.91 Å². The minimum atomic E-state index is -0.0312. The summed E-state index contributed by atoms with van der Waals surface area (Å²) in [7, 11) is 0. The van der Waals surface area contributed by atoms with Gasteiger partial charge in [-0.1, -0.05) is 23.2 Å². The second kappa shape index (κ2) is 5.57. The van der Waals surface area contributed by atoms with Crippen molar-refractivity contribution in [3.8, 4) is 0 Å². The molecule has 1 aliphatic heterocycles. The molecule has 2 rings (SSSR count). The van der Waals surface area contributed by atoms with Crippen molar-refractivity contribution in [1.29, 1.82) is 0 Å². The van der Waals surface area contributed by atoms with E-state index < -0.39 is 0 Å². The minimum absolute atomic E-state index is 0.0312. The third-order valence-electron chi connectivity index (χ3n) is 3.03. The van der Waals surface area contributed by atoms with Gasteiger partial charge in [-0.2, -0.15) is 0 Å². The molecule has 1 aromatic heterocycles. The highest BCUT2D eigenvalue weighted by atomic mass is 35.5. The fourth-order valence-corrected chi connectivity index (χ4v) is 3.55. The van der Waals surface area contributed by atoms with Crippen molar-refractivity contribution < 1.29 is 4.79 Å². The Balaban J connectivity index is 2.12. The Morgan fingerprint density at radius 3 is 2.94 bits per heavy atom. The van der Waals surface area contributed by atoms with E-state index in [1.54, 1.807) is 6.07 Å². The van der Waals surface area contributed by atoms with Crippen LogP contribution in [-0.2, 0) is 0 Å². The normalized spacial score (nSPS) is 20.6. The van der Waals surface area contributed by atoms with Crippen LogP contribution in [0.2, 0.25) is 8.67 Å². The molecule has 1 saturated heterocycles. The van der Waals surface area contributed by atoms with E-state index in [2.05, 4.69) is 0 Å². The van der Waals surface area contributed by atoms with Crippen LogP contribution >= 0.6 is 34.5 Å². The maximum absolute atomic E-state index is 12.2. The van der Waals surface area contributed by atoms with E-state index in [0.717, 1.165) is 25.9 Å². The Morgan fingerprint density at radius 2 is 2.35 bits per heavy atom. The van der Waals surface area contributed by atoms with Crippen LogP contribution in [0.3, 0.4) is 0 Å². The van der Waals surface area contributed by atoms with Gasteiger partial charge in [-0.15, -0.1) is 11.3 Å². The van der Waals surface area contributed by atoms with Gasteiger partial charge in [-0.3, -0.25) is 4.79 Å². The fraction of sp³-hybridized carbons (Fsp3) is 0.545. The highest BCUT2D eigenvalue weighted by Crippen LogP contribution is 2.32. The van der Waals surface area contributed by atoms with Gasteiger partial charge < -0.3 is 10.6 Å². The number of amides is 1. The molecule has 1 fully saturated rings. The van der Waals surface area contributed by atoms with Crippen molar-refractivity contribution in [2.45, 2.75) is 12.8 Å². The van der Waals surface area contributed by atoms with E-state index in [4.69, 9.17) is 28.9 Å². The first kappa shape index (κ1) is 13.1. The number of carbonyl (C=O) groups is 1. The summed E-state index contributed by atoms with van der Waals surface area (Å²) in [5, 5.41) is 0. The summed E-state index contributed by atoms with van der Waals surface area (Å²) in [6.45, 7) is 2.13. The standard InChI is InChI=1S/C11H14Cl2N2OS/c12-9-4-8(10(13)17-9)11(16)15-3-1-2-7(5-14)6-15/h4,7H,1-3,5-6,14H2. The number of piperidine rings is 1. The Hall–Kier alpha value is -0.290. The number of thiophene rings is 1. The topological polar surface area (TPSA) is 46.3 Å². The summed E-state index contributed by atoms with van der Waals surface area (Å²) >= 11 is 13.1. The van der Waals surface area contributed by atoms with Gasteiger partial charge in [0.2, 0.25) is 0 Å². The molecule has 1 aromatic rings. The predicted octanol–water partition coefficient (Wildman–Crippen LogP) is 2.87. The molecule has 0 aliphatic carbocycles. The van der Waals surface area contributed by atoms with Crippen LogP contribution in [0.4, 0.5) is 0 Å². The molecule has 17 heavy (non-hydrogen) atoms. The van der Waals surface area contributed by atoms with E-state index in [9.17, 15) is 4.79 Å². The maximum Gasteiger partial charge on any atom is 0.256 e. The van der Waals surface area contributed by atoms with Crippen molar-refractivity contribution in [1.82, 2.24) is 4.90 Å². The molecule has 0 radical (unpaired) electrons. The van der Waals surface area contributed by atoms with Gasteiger partial charge in [-0.25, -0.2) is 0 Å². The lowest BCUT2D eigenvalue weighted by Gasteiger charge is -2.32. The number of hydrogen-bond acceptors (Lipinski definition) is 3. The number of rotatable bonds is 2. The molecule has 94 valence electrons. The zero-order valence-corrected chi connectivity index (χ0v) is 11.6. The first-order valence-electron chi connectivity index (χ1n) is 5.56. The zero-order valence-electron chi connectivity index (χ0n) is 9.29. The van der Waals surface area contributed by atoms with E-state index in [-0.39, 0.29) is 5.91 Å². The highest BCUT2D eigenvalue weighted by molar-refractivity contribution is 7.20. The SMILES string of the molecule is NCC1CCCN(C(=O)c2cc(Cl)sc2Cl)C1. The Labute approximate surface area is 114 Å². The van der Waals surface area contributed by atoms with E-state index >= 15 is 0 Å². The average Bonchev–Trinajstić information content (AvgIpc) is 2.67. The predicted molar refractivity (Wildman–Crippen MR) is 72.0 cm³/mol. The molecule has 2 N–H and O–H groups in total. The van der Waals surface area contributed by atoms with E-state index in [0.29, 0.717) is 26.7 Å². The summed E-state index contributed by atoms with van der Waals surface area (Å²) in [6.07, 6.45) is 2.10. The van der Waals surface area contributed by atoms with Gasteiger partial charge in [0.15, 0.2) is 0 Å². The molecule has 1 atom stereocenters. The number of nitrogens with zero attached hydrogens (tertiary/aromatic N) is 1. The fourth-order valence-electron chi connectivity index (χ4n) is 2.10. The molecule has 0 aromatic carbocycles. The third-order valence-corrected chi connectivity index (χ3v) is 4.51. The number of likely N-dealkylation sites (tertiary alicyclic amines) is 1. The minimum Gasteiger partial charge on any atom is -0.338 e. The molecule has 3 nitrogen and oxygen atoms in total. The van der Waals surface area contributed by atoms with Crippen molar-refractivity contribution >= 4 is 40.4 Å². The molecule has 0 bridgehead atoms. The largest absolute Gasteiger partial charge is 0.338 e. The van der Waals surface area contributed by atoms with Gasteiger partial charge in [0, 0.05) is 13.1 Å². The number of hydrogen-bond donors (Lipinski definition) is 1. The van der Waals surface area contributed by atoms with Crippen LogP contribution in [0, 0.1) is 5.92 Å². The lowest BCUT2D eigenvalue weighted by molar-refractivity contribution is 0.0679. The quantitative estimate of drug-likeness (QED) is 0.911. The molecule has 1 aliphatic rings. The first-order valence-corrected chi connectivity index (χ1v) is 7.13. The smallest absolute Gasteiger partial charge is 0.256 e. The Bertz CT molecular complexity index is 422. The van der Waals surface area contributed by atoms with Crippen LogP contribution in [0.1, 0.15) is 23.2 Å². The number of carbonyl (C=O) groups excluding carboxylic acids is 1. The molecule has 0 spiro atoms. The lowest BCUT2D eigenvalue weighted by atomic mass is 9.98. The maximum atomic E-state index is 12.2. The molecule has 1 unspecified atom stereocenters. The van der Waals surface area contributed by atoms with Gasteiger partial charge in [-0.05, 0) is 31.4 Å². The summed E-state index contributed by atoms with van der Waals surface area (Å²) in [5.41, 5.74) is 6.17. The van der Waals surface area contributed by atoms with E-state index in [1.807, 2.05) is 4.90 Å². The van der Waals surface area contributed by atoms with Crippen LogP contribution < -0.4 is 5.73 Å². The summed E-state index contributed by atoms with van der Waals surface area (Å²) in [5.74, 6) is 0.372. The van der Waals surface area contributed by atoms with Crippen molar-refractivity contribution in [2.75, 3.05) is 19.6 Å².